The van der Waals surface area contributed by atoms with Crippen LogP contribution in [0.1, 0.15) is 22.3 Å². The van der Waals surface area contributed by atoms with Gasteiger partial charge in [-0.3, -0.25) is 0 Å². The molecule has 0 saturated heterocycles. The lowest BCUT2D eigenvalue weighted by Gasteiger charge is -2.34. The summed E-state index contributed by atoms with van der Waals surface area (Å²) in [6.07, 6.45) is 0. The summed E-state index contributed by atoms with van der Waals surface area (Å²) in [4.78, 5) is 15.0. The van der Waals surface area contributed by atoms with E-state index in [4.69, 9.17) is 28.8 Å². The second kappa shape index (κ2) is 14.2. The van der Waals surface area contributed by atoms with Crippen LogP contribution in [0.15, 0.2) is 217 Å². The van der Waals surface area contributed by atoms with Gasteiger partial charge in [0.15, 0.2) is 40.5 Å². The van der Waals surface area contributed by atoms with E-state index in [0.717, 1.165) is 66.4 Å². The van der Waals surface area contributed by atoms with Gasteiger partial charge >= 0.3 is 0 Å². The third-order valence-corrected chi connectivity index (χ3v) is 12.7. The molecule has 1 aliphatic carbocycles. The molecule has 0 radical (unpaired) electrons. The van der Waals surface area contributed by atoms with Crippen LogP contribution in [0.3, 0.4) is 0 Å². The number of fused-ring (bicyclic) bond motifs is 9. The molecule has 0 amide bonds. The zero-order valence-electron chi connectivity index (χ0n) is 34.3. The van der Waals surface area contributed by atoms with E-state index in [1.54, 1.807) is 0 Å². The summed E-state index contributed by atoms with van der Waals surface area (Å²) >= 11 is 0. The van der Waals surface area contributed by atoms with Crippen LogP contribution in [0.5, 0.6) is 23.0 Å². The average Bonchev–Trinajstić information content (AvgIpc) is 3.90. The average molecular weight is 822 g/mol. The molecule has 1 aliphatic heterocycles. The first-order valence-electron chi connectivity index (χ1n) is 21.4. The Morgan fingerprint density at radius 1 is 0.344 bits per heavy atom. The highest BCUT2D eigenvalue weighted by Gasteiger charge is 2.48. The second-order valence-corrected chi connectivity index (χ2v) is 16.2. The lowest BCUT2D eigenvalue weighted by Crippen LogP contribution is -2.28. The molecule has 2 aliphatic rings. The van der Waals surface area contributed by atoms with E-state index in [0.29, 0.717) is 40.5 Å². The van der Waals surface area contributed by atoms with Gasteiger partial charge in [0.25, 0.3) is 0 Å². The van der Waals surface area contributed by atoms with Crippen molar-refractivity contribution in [1.82, 2.24) is 15.0 Å². The third-order valence-electron chi connectivity index (χ3n) is 12.7. The van der Waals surface area contributed by atoms with E-state index >= 15 is 0 Å². The van der Waals surface area contributed by atoms with Gasteiger partial charge in [-0.2, -0.15) is 0 Å². The second-order valence-electron chi connectivity index (χ2n) is 16.2. The van der Waals surface area contributed by atoms with Crippen LogP contribution in [-0.2, 0) is 5.41 Å². The highest BCUT2D eigenvalue weighted by atomic mass is 16.6. The molecule has 0 bridgehead atoms. The molecule has 0 N–H and O–H groups in total. The standard InChI is InChI=1S/C58H35N3O3/c1-4-15-37(16-5-1)55-59-56(61-57(60-55)39-31-32-44-43-21-11-13-25-48(43)62-51(44)35-39)38-29-27-36(28-30-38)42-23-14-26-49-53(42)64-54-50(63-49)34-33-47-52(54)45-22-10-12-24-46(45)58(47,40-17-6-2-7-18-40)41-19-8-3-9-20-41/h1-35H. The zero-order valence-corrected chi connectivity index (χ0v) is 34.3. The largest absolute Gasteiger partial charge is 0.456 e. The predicted molar refractivity (Wildman–Crippen MR) is 253 cm³/mol. The maximum absolute atomic E-state index is 7.16. The molecule has 0 spiro atoms. The Hall–Kier alpha value is -8.61. The molecule has 11 aromatic rings. The van der Waals surface area contributed by atoms with Gasteiger partial charge in [0.05, 0.1) is 5.41 Å². The van der Waals surface area contributed by atoms with E-state index < -0.39 is 5.41 Å². The number of ether oxygens (including phenoxy) is 2. The smallest absolute Gasteiger partial charge is 0.178 e. The first-order chi connectivity index (χ1) is 31.7. The van der Waals surface area contributed by atoms with Crippen molar-refractivity contribution in [3.8, 4) is 79.4 Å². The highest BCUT2D eigenvalue weighted by Crippen LogP contribution is 2.62. The van der Waals surface area contributed by atoms with E-state index in [-0.39, 0.29) is 0 Å². The van der Waals surface area contributed by atoms with Crippen molar-refractivity contribution in [2.75, 3.05) is 0 Å². The number of furan rings is 1. The summed E-state index contributed by atoms with van der Waals surface area (Å²) in [5, 5.41) is 2.13. The summed E-state index contributed by atoms with van der Waals surface area (Å²) in [5.41, 5.74) is 12.5. The molecule has 300 valence electrons. The summed E-state index contributed by atoms with van der Waals surface area (Å²) in [5.74, 6) is 4.45. The molecule has 3 heterocycles. The van der Waals surface area contributed by atoms with Gasteiger partial charge in [-0.25, -0.2) is 15.0 Å². The molecule has 6 heteroatoms. The molecule has 9 aromatic carbocycles. The molecule has 0 saturated carbocycles. The van der Waals surface area contributed by atoms with Gasteiger partial charge in [0.1, 0.15) is 11.2 Å². The molecule has 64 heavy (non-hydrogen) atoms. The Balaban J connectivity index is 0.904. The van der Waals surface area contributed by atoms with Crippen LogP contribution in [0.25, 0.3) is 78.4 Å². The van der Waals surface area contributed by atoms with Crippen molar-refractivity contribution < 1.29 is 13.9 Å². The van der Waals surface area contributed by atoms with Gasteiger partial charge in [-0.05, 0) is 63.7 Å². The lowest BCUT2D eigenvalue weighted by atomic mass is 9.68. The van der Waals surface area contributed by atoms with Crippen LogP contribution in [0, 0.1) is 0 Å². The van der Waals surface area contributed by atoms with Gasteiger partial charge in [0, 0.05) is 38.6 Å². The molecule has 0 atom stereocenters. The normalized spacial score (nSPS) is 13.1. The van der Waals surface area contributed by atoms with Crippen LogP contribution < -0.4 is 9.47 Å². The first kappa shape index (κ1) is 36.1. The van der Waals surface area contributed by atoms with Crippen LogP contribution in [0.2, 0.25) is 0 Å². The number of hydrogen-bond donors (Lipinski definition) is 0. The Labute approximate surface area is 368 Å². The van der Waals surface area contributed by atoms with Crippen molar-refractivity contribution >= 4 is 21.9 Å². The van der Waals surface area contributed by atoms with E-state index in [9.17, 15) is 0 Å². The molecule has 2 aromatic heterocycles. The third kappa shape index (κ3) is 5.49. The van der Waals surface area contributed by atoms with Crippen molar-refractivity contribution in [3.63, 3.8) is 0 Å². The minimum atomic E-state index is -0.558. The summed E-state index contributed by atoms with van der Waals surface area (Å²) in [7, 11) is 0. The van der Waals surface area contributed by atoms with Gasteiger partial charge in [-0.1, -0.05) is 182 Å². The number of nitrogens with zero attached hydrogens (tertiary/aromatic N) is 3. The molecular weight excluding hydrogens is 787 g/mol. The van der Waals surface area contributed by atoms with E-state index in [1.807, 2.05) is 66.7 Å². The van der Waals surface area contributed by atoms with Gasteiger partial charge in [0.2, 0.25) is 0 Å². The van der Waals surface area contributed by atoms with Gasteiger partial charge in [-0.15, -0.1) is 0 Å². The first-order valence-corrected chi connectivity index (χ1v) is 21.4. The summed E-state index contributed by atoms with van der Waals surface area (Å²) in [6.45, 7) is 0. The number of rotatable bonds is 6. The predicted octanol–water partition coefficient (Wildman–Crippen LogP) is 14.7. The molecule has 0 unspecified atom stereocenters. The Morgan fingerprint density at radius 2 is 0.906 bits per heavy atom. The van der Waals surface area contributed by atoms with Crippen LogP contribution in [-0.4, -0.2) is 15.0 Å². The van der Waals surface area contributed by atoms with Crippen molar-refractivity contribution in [2.45, 2.75) is 5.41 Å². The Kier molecular flexibility index (Phi) is 8.02. The topological polar surface area (TPSA) is 70.3 Å². The number of benzene rings is 9. The summed E-state index contributed by atoms with van der Waals surface area (Å²) < 4.78 is 20.2. The number of aromatic nitrogens is 3. The zero-order chi connectivity index (χ0) is 42.2. The van der Waals surface area contributed by atoms with E-state index in [2.05, 4.69) is 146 Å². The molecule has 6 nitrogen and oxygen atoms in total. The van der Waals surface area contributed by atoms with E-state index in [1.165, 1.54) is 16.7 Å². The molecule has 0 fully saturated rings. The maximum atomic E-state index is 7.16. The van der Waals surface area contributed by atoms with Crippen molar-refractivity contribution in [3.05, 3.63) is 235 Å². The van der Waals surface area contributed by atoms with Gasteiger partial charge < -0.3 is 13.9 Å². The fraction of sp³-hybridized carbons (Fsp3) is 0.0172. The van der Waals surface area contributed by atoms with Crippen LogP contribution >= 0.6 is 0 Å². The highest BCUT2D eigenvalue weighted by molar-refractivity contribution is 6.05. The minimum Gasteiger partial charge on any atom is -0.456 e. The van der Waals surface area contributed by atoms with Crippen molar-refractivity contribution in [2.24, 2.45) is 0 Å². The number of hydrogen-bond acceptors (Lipinski definition) is 6. The quantitative estimate of drug-likeness (QED) is 0.166. The van der Waals surface area contributed by atoms with Crippen LogP contribution in [0.4, 0.5) is 0 Å². The maximum Gasteiger partial charge on any atom is 0.178 e. The van der Waals surface area contributed by atoms with Crippen molar-refractivity contribution in [1.29, 1.82) is 0 Å². The summed E-state index contributed by atoms with van der Waals surface area (Å²) in [6, 6.07) is 73.2. The monoisotopic (exact) mass is 821 g/mol. The fourth-order valence-electron chi connectivity index (χ4n) is 9.83. The number of para-hydroxylation sites is 2. The fourth-order valence-corrected chi connectivity index (χ4v) is 9.83. The Bertz CT molecular complexity index is 3570. The molecule has 13 rings (SSSR count). The Morgan fingerprint density at radius 3 is 1.66 bits per heavy atom. The molecular formula is C58H35N3O3. The minimum absolute atomic E-state index is 0.558. The SMILES string of the molecule is c1ccc(-c2nc(-c3ccc(-c4cccc5c4Oc4c(ccc6c4-c4ccccc4C6(c4ccccc4)c4ccccc4)O5)cc3)nc(-c3ccc4c(c3)oc3ccccc34)n2)cc1. The lowest BCUT2D eigenvalue weighted by molar-refractivity contribution is 0.361.